The molecule has 0 radical (unpaired) electrons. The van der Waals surface area contributed by atoms with Gasteiger partial charge in [-0.3, -0.25) is 0 Å². The first kappa shape index (κ1) is 37.4. The van der Waals surface area contributed by atoms with Crippen molar-refractivity contribution >= 4 is 10.8 Å². The molecule has 8 aromatic carbocycles. The van der Waals surface area contributed by atoms with Gasteiger partial charge in [0.25, 0.3) is 0 Å². The predicted molar refractivity (Wildman–Crippen MR) is 248 cm³/mol. The van der Waals surface area contributed by atoms with Gasteiger partial charge >= 0.3 is 0 Å². The van der Waals surface area contributed by atoms with Crippen molar-refractivity contribution in [1.29, 1.82) is 10.5 Å². The fourth-order valence-electron chi connectivity index (χ4n) is 7.80. The molecular weight excluding hydrogens is 757 g/mol. The van der Waals surface area contributed by atoms with Gasteiger partial charge in [-0.05, 0) is 93.7 Å². The zero-order chi connectivity index (χ0) is 41.8. The van der Waals surface area contributed by atoms with E-state index < -0.39 is 0 Å². The molecule has 2 heterocycles. The Balaban J connectivity index is 0.977. The molecule has 0 N–H and O–H groups in total. The van der Waals surface area contributed by atoms with Crippen molar-refractivity contribution < 1.29 is 0 Å². The molecule has 0 saturated heterocycles. The van der Waals surface area contributed by atoms with E-state index in [1.807, 2.05) is 72.8 Å². The molecule has 2 aromatic heterocycles. The average molecular weight is 791 g/mol. The van der Waals surface area contributed by atoms with Crippen LogP contribution in [-0.4, -0.2) is 19.9 Å². The van der Waals surface area contributed by atoms with Crippen molar-refractivity contribution in [2.24, 2.45) is 0 Å². The lowest BCUT2D eigenvalue weighted by molar-refractivity contribution is 1.18. The zero-order valence-corrected chi connectivity index (χ0v) is 33.3. The number of hydrogen-bond donors (Lipinski definition) is 0. The summed E-state index contributed by atoms with van der Waals surface area (Å²) in [7, 11) is 0. The highest BCUT2D eigenvalue weighted by Gasteiger charge is 2.15. The number of hydrogen-bond acceptors (Lipinski definition) is 6. The van der Waals surface area contributed by atoms with Crippen LogP contribution in [0.5, 0.6) is 0 Å². The van der Waals surface area contributed by atoms with E-state index in [1.165, 1.54) is 0 Å². The molecule has 0 aliphatic rings. The molecule has 0 atom stereocenters. The minimum absolute atomic E-state index is 0.592. The Bertz CT molecular complexity index is 3090. The van der Waals surface area contributed by atoms with E-state index in [1.54, 1.807) is 24.3 Å². The zero-order valence-electron chi connectivity index (χ0n) is 33.3. The van der Waals surface area contributed by atoms with Crippen LogP contribution in [0.1, 0.15) is 11.1 Å². The van der Waals surface area contributed by atoms with Crippen LogP contribution in [0.25, 0.3) is 101 Å². The SMILES string of the molecule is N#Cc1ccc(-c2nc(-c3ccccc3)cc(-c3ccc(-c4cccc5c(-c6ccc(-c7cc(-c8ccccc8)nc(-c8ccc(C#N)cc8)n7)cc6)cccc45)cc3)n2)cc1. The second-order valence-corrected chi connectivity index (χ2v) is 14.9. The van der Waals surface area contributed by atoms with Crippen LogP contribution in [0.3, 0.4) is 0 Å². The smallest absolute Gasteiger partial charge is 0.160 e. The van der Waals surface area contributed by atoms with Crippen molar-refractivity contribution in [2.75, 3.05) is 0 Å². The van der Waals surface area contributed by atoms with Crippen LogP contribution in [-0.2, 0) is 0 Å². The minimum Gasteiger partial charge on any atom is -0.228 e. The van der Waals surface area contributed by atoms with Gasteiger partial charge in [0, 0.05) is 33.4 Å². The fourth-order valence-corrected chi connectivity index (χ4v) is 7.80. The van der Waals surface area contributed by atoms with Crippen molar-refractivity contribution in [3.63, 3.8) is 0 Å². The van der Waals surface area contributed by atoms with Gasteiger partial charge in [-0.1, -0.05) is 146 Å². The third-order valence-corrected chi connectivity index (χ3v) is 11.0. The summed E-state index contributed by atoms with van der Waals surface area (Å²) in [5.41, 5.74) is 14.6. The van der Waals surface area contributed by atoms with Crippen molar-refractivity contribution in [2.45, 2.75) is 0 Å². The molecule has 0 amide bonds. The number of nitriles is 2. The van der Waals surface area contributed by atoms with Crippen LogP contribution in [0.4, 0.5) is 0 Å². The predicted octanol–water partition coefficient (Wildman–Crippen LogP) is 13.5. The first-order valence-electron chi connectivity index (χ1n) is 20.2. The summed E-state index contributed by atoms with van der Waals surface area (Å²) in [6.45, 7) is 0. The lowest BCUT2D eigenvalue weighted by Gasteiger charge is -2.13. The standard InChI is InChI=1S/C56H34N6/c57-35-37-17-21-45(22-18-37)55-59-51(41-9-3-1-4-10-41)33-53(61-55)43-29-25-39(26-30-43)47-13-7-16-50-48(14-8-15-49(47)50)40-27-31-44(32-28-40)54-34-52(42-11-5-2-6-12-42)60-56(62-54)46-23-19-38(36-58)20-24-46/h1-34H. The number of nitrogens with zero attached hydrogens (tertiary/aromatic N) is 6. The molecule has 0 saturated carbocycles. The van der Waals surface area contributed by atoms with Crippen LogP contribution < -0.4 is 0 Å². The maximum atomic E-state index is 9.35. The highest BCUT2D eigenvalue weighted by molar-refractivity contribution is 6.04. The number of rotatable bonds is 8. The van der Waals surface area contributed by atoms with Gasteiger partial charge in [-0.15, -0.1) is 0 Å². The topological polar surface area (TPSA) is 99.1 Å². The van der Waals surface area contributed by atoms with Gasteiger partial charge < -0.3 is 0 Å². The van der Waals surface area contributed by atoms with E-state index in [4.69, 9.17) is 19.9 Å². The fraction of sp³-hybridized carbons (Fsp3) is 0. The van der Waals surface area contributed by atoms with Gasteiger partial charge in [0.05, 0.1) is 46.0 Å². The lowest BCUT2D eigenvalue weighted by Crippen LogP contribution is -1.96. The third kappa shape index (κ3) is 7.48. The van der Waals surface area contributed by atoms with Gasteiger partial charge in [0.15, 0.2) is 11.6 Å². The van der Waals surface area contributed by atoms with E-state index in [0.717, 1.165) is 89.2 Å². The van der Waals surface area contributed by atoms with E-state index in [2.05, 4.69) is 121 Å². The van der Waals surface area contributed by atoms with Gasteiger partial charge in [-0.2, -0.15) is 10.5 Å². The normalized spacial score (nSPS) is 10.9. The molecule has 0 bridgehead atoms. The molecule has 10 rings (SSSR count). The Hall–Kier alpha value is -8.84. The molecular formula is C56H34N6. The molecule has 62 heavy (non-hydrogen) atoms. The monoisotopic (exact) mass is 790 g/mol. The highest BCUT2D eigenvalue weighted by atomic mass is 14.9. The minimum atomic E-state index is 0.592. The summed E-state index contributed by atoms with van der Waals surface area (Å²) >= 11 is 0. The van der Waals surface area contributed by atoms with E-state index in [0.29, 0.717) is 22.8 Å². The summed E-state index contributed by atoms with van der Waals surface area (Å²) in [6, 6.07) is 73.6. The number of fused-ring (bicyclic) bond motifs is 1. The molecule has 0 spiro atoms. The quantitative estimate of drug-likeness (QED) is 0.152. The van der Waals surface area contributed by atoms with Gasteiger partial charge in [0.2, 0.25) is 0 Å². The molecule has 10 aromatic rings. The van der Waals surface area contributed by atoms with Crippen molar-refractivity contribution in [1.82, 2.24) is 19.9 Å². The maximum Gasteiger partial charge on any atom is 0.160 e. The van der Waals surface area contributed by atoms with Crippen molar-refractivity contribution in [3.8, 4) is 102 Å². The van der Waals surface area contributed by atoms with Crippen LogP contribution in [0, 0.1) is 22.7 Å². The van der Waals surface area contributed by atoms with Gasteiger partial charge in [-0.25, -0.2) is 19.9 Å². The van der Waals surface area contributed by atoms with E-state index in [-0.39, 0.29) is 0 Å². The molecule has 0 fully saturated rings. The Morgan fingerprint density at radius 1 is 0.274 bits per heavy atom. The highest BCUT2D eigenvalue weighted by Crippen LogP contribution is 2.37. The first-order chi connectivity index (χ1) is 30.6. The number of aromatic nitrogens is 4. The molecule has 6 heteroatoms. The summed E-state index contributed by atoms with van der Waals surface area (Å²) in [4.78, 5) is 19.9. The maximum absolute atomic E-state index is 9.35. The largest absolute Gasteiger partial charge is 0.228 e. The lowest BCUT2D eigenvalue weighted by atomic mass is 9.92. The molecule has 0 unspecified atom stereocenters. The Labute approximate surface area is 359 Å². The second-order valence-electron chi connectivity index (χ2n) is 14.9. The Morgan fingerprint density at radius 2 is 0.581 bits per heavy atom. The van der Waals surface area contributed by atoms with Crippen LogP contribution in [0.2, 0.25) is 0 Å². The van der Waals surface area contributed by atoms with Crippen molar-refractivity contribution in [3.05, 3.63) is 217 Å². The summed E-state index contributed by atoms with van der Waals surface area (Å²) in [5.74, 6) is 1.21. The number of benzene rings is 8. The third-order valence-electron chi connectivity index (χ3n) is 11.0. The van der Waals surface area contributed by atoms with E-state index in [9.17, 15) is 10.5 Å². The molecule has 0 aliphatic heterocycles. The second kappa shape index (κ2) is 16.4. The van der Waals surface area contributed by atoms with Crippen LogP contribution in [0.15, 0.2) is 206 Å². The molecule has 288 valence electrons. The van der Waals surface area contributed by atoms with Crippen LogP contribution >= 0.6 is 0 Å². The van der Waals surface area contributed by atoms with E-state index >= 15 is 0 Å². The Morgan fingerprint density at radius 3 is 0.919 bits per heavy atom. The molecule has 6 nitrogen and oxygen atoms in total. The summed E-state index contributed by atoms with van der Waals surface area (Å²) in [5, 5.41) is 21.0. The summed E-state index contributed by atoms with van der Waals surface area (Å²) < 4.78 is 0. The Kier molecular flexibility index (Phi) is 9.92. The summed E-state index contributed by atoms with van der Waals surface area (Å²) in [6.07, 6.45) is 0. The average Bonchev–Trinajstić information content (AvgIpc) is 3.36. The first-order valence-corrected chi connectivity index (χ1v) is 20.2. The van der Waals surface area contributed by atoms with Gasteiger partial charge in [0.1, 0.15) is 0 Å². The molecule has 0 aliphatic carbocycles.